The lowest BCUT2D eigenvalue weighted by Crippen LogP contribution is -2.36. The van der Waals surface area contributed by atoms with Gasteiger partial charge in [-0.2, -0.15) is 4.68 Å². The number of aryl methyl sites for hydroxylation is 1. The van der Waals surface area contributed by atoms with Crippen molar-refractivity contribution in [1.82, 2.24) is 29.9 Å². The van der Waals surface area contributed by atoms with Crippen LogP contribution >= 0.6 is 0 Å². The highest BCUT2D eigenvalue weighted by Gasteiger charge is 2.24. The summed E-state index contributed by atoms with van der Waals surface area (Å²) in [7, 11) is 0. The summed E-state index contributed by atoms with van der Waals surface area (Å²) < 4.78 is 7.79. The highest BCUT2D eigenvalue weighted by Crippen LogP contribution is 2.27. The molecule has 1 aliphatic rings. The number of nitrogens with zero attached hydrogens (tertiary/aromatic N) is 7. The van der Waals surface area contributed by atoms with Gasteiger partial charge in [0.05, 0.1) is 12.3 Å². The second kappa shape index (κ2) is 8.06. The zero-order chi connectivity index (χ0) is 20.3. The average molecular weight is 401 g/mol. The van der Waals surface area contributed by atoms with Crippen LogP contribution in [0.4, 0.5) is 5.82 Å². The Bertz CT molecular complexity index is 1140. The van der Waals surface area contributed by atoms with Crippen molar-refractivity contribution in [3.63, 3.8) is 0 Å². The normalized spacial score (nSPS) is 14.9. The largest absolute Gasteiger partial charge is 0.493 e. The lowest BCUT2D eigenvalue weighted by molar-refractivity contribution is 0.221. The lowest BCUT2D eigenvalue weighted by atomic mass is 9.98. The van der Waals surface area contributed by atoms with E-state index in [-0.39, 0.29) is 0 Å². The number of benzene rings is 1. The van der Waals surface area contributed by atoms with Crippen molar-refractivity contribution < 1.29 is 4.74 Å². The van der Waals surface area contributed by atoms with Crippen LogP contribution in [0.5, 0.6) is 5.75 Å². The first-order valence-electron chi connectivity index (χ1n) is 10.2. The molecule has 1 saturated heterocycles. The lowest BCUT2D eigenvalue weighted by Gasteiger charge is -2.32. The topological polar surface area (TPSA) is 81.8 Å². The highest BCUT2D eigenvalue weighted by atomic mass is 16.5. The summed E-state index contributed by atoms with van der Waals surface area (Å²) in [5.41, 5.74) is 3.47. The zero-order valence-electron chi connectivity index (χ0n) is 16.8. The van der Waals surface area contributed by atoms with Gasteiger partial charge in [0.25, 0.3) is 0 Å². The number of anilines is 1. The maximum absolute atomic E-state index is 6.03. The highest BCUT2D eigenvalue weighted by molar-refractivity contribution is 5.83. The van der Waals surface area contributed by atoms with Crippen molar-refractivity contribution in [3.05, 3.63) is 60.7 Å². The van der Waals surface area contributed by atoms with Gasteiger partial charge in [-0.3, -0.25) is 4.98 Å². The maximum atomic E-state index is 6.03. The molecular weight excluding hydrogens is 378 g/mol. The molecule has 0 N–H and O–H groups in total. The van der Waals surface area contributed by atoms with E-state index in [2.05, 4.69) is 30.2 Å². The average Bonchev–Trinajstić information content (AvgIpc) is 3.24. The van der Waals surface area contributed by atoms with Gasteiger partial charge in [-0.15, -0.1) is 5.10 Å². The van der Waals surface area contributed by atoms with Crippen LogP contribution in [0.3, 0.4) is 0 Å². The summed E-state index contributed by atoms with van der Waals surface area (Å²) in [6.45, 7) is 4.57. The SMILES string of the molecule is Cc1cnccc1OCC1CCN(c2ncnc3c2nnn3-c2ccccc2)CC1. The van der Waals surface area contributed by atoms with E-state index in [9.17, 15) is 0 Å². The molecule has 0 saturated carbocycles. The smallest absolute Gasteiger partial charge is 0.189 e. The van der Waals surface area contributed by atoms with Gasteiger partial charge in [0.2, 0.25) is 0 Å². The minimum absolute atomic E-state index is 0.520. The Balaban J connectivity index is 1.28. The van der Waals surface area contributed by atoms with Gasteiger partial charge in [0.15, 0.2) is 17.0 Å². The molecular formula is C22H23N7O. The number of fused-ring (bicyclic) bond motifs is 1. The number of para-hydroxylation sites is 1. The second-order valence-electron chi connectivity index (χ2n) is 7.59. The third kappa shape index (κ3) is 3.56. The number of ether oxygens (including phenoxy) is 1. The Labute approximate surface area is 174 Å². The Morgan fingerprint density at radius 3 is 2.70 bits per heavy atom. The number of hydrogen-bond acceptors (Lipinski definition) is 7. The van der Waals surface area contributed by atoms with E-state index in [1.807, 2.05) is 49.5 Å². The summed E-state index contributed by atoms with van der Waals surface area (Å²) in [6, 6.07) is 11.8. The summed E-state index contributed by atoms with van der Waals surface area (Å²) >= 11 is 0. The van der Waals surface area contributed by atoms with Gasteiger partial charge in [0.1, 0.15) is 12.1 Å². The molecule has 0 unspecified atom stereocenters. The van der Waals surface area contributed by atoms with Crippen LogP contribution in [0.15, 0.2) is 55.1 Å². The molecule has 0 atom stereocenters. The third-order valence-corrected chi connectivity index (χ3v) is 5.58. The van der Waals surface area contributed by atoms with Crippen LogP contribution in [0.2, 0.25) is 0 Å². The van der Waals surface area contributed by atoms with Gasteiger partial charge in [-0.1, -0.05) is 23.4 Å². The number of piperidine rings is 1. The first kappa shape index (κ1) is 18.5. The van der Waals surface area contributed by atoms with Gasteiger partial charge in [-0.25, -0.2) is 9.97 Å². The number of rotatable bonds is 5. The molecule has 4 heterocycles. The van der Waals surface area contributed by atoms with E-state index in [1.165, 1.54) is 0 Å². The molecule has 8 nitrogen and oxygen atoms in total. The number of pyridine rings is 1. The fourth-order valence-corrected chi connectivity index (χ4v) is 3.85. The molecule has 0 aliphatic carbocycles. The van der Waals surface area contributed by atoms with E-state index >= 15 is 0 Å². The summed E-state index contributed by atoms with van der Waals surface area (Å²) in [4.78, 5) is 15.4. The fourth-order valence-electron chi connectivity index (χ4n) is 3.85. The van der Waals surface area contributed by atoms with Crippen molar-refractivity contribution in [3.8, 4) is 11.4 Å². The van der Waals surface area contributed by atoms with Crippen molar-refractivity contribution in [2.24, 2.45) is 5.92 Å². The molecule has 1 aliphatic heterocycles. The van der Waals surface area contributed by atoms with E-state index in [0.717, 1.165) is 66.5 Å². The van der Waals surface area contributed by atoms with Gasteiger partial charge >= 0.3 is 0 Å². The first-order valence-corrected chi connectivity index (χ1v) is 10.2. The fraction of sp³-hybridized carbons (Fsp3) is 0.318. The Hall–Kier alpha value is -3.55. The number of aromatic nitrogens is 6. The third-order valence-electron chi connectivity index (χ3n) is 5.58. The van der Waals surface area contributed by atoms with Crippen molar-refractivity contribution in [2.45, 2.75) is 19.8 Å². The van der Waals surface area contributed by atoms with Gasteiger partial charge in [0, 0.05) is 31.0 Å². The summed E-state index contributed by atoms with van der Waals surface area (Å²) in [6.07, 6.45) is 7.29. The maximum Gasteiger partial charge on any atom is 0.189 e. The van der Waals surface area contributed by atoms with E-state index < -0.39 is 0 Å². The molecule has 0 amide bonds. The van der Waals surface area contributed by atoms with Crippen LogP contribution in [0.1, 0.15) is 18.4 Å². The minimum atomic E-state index is 0.520. The molecule has 0 spiro atoms. The Morgan fingerprint density at radius 2 is 1.90 bits per heavy atom. The van der Waals surface area contributed by atoms with E-state index in [1.54, 1.807) is 17.2 Å². The predicted molar refractivity (Wildman–Crippen MR) is 114 cm³/mol. The molecule has 152 valence electrons. The van der Waals surface area contributed by atoms with Crippen LogP contribution in [0.25, 0.3) is 16.9 Å². The summed E-state index contributed by atoms with van der Waals surface area (Å²) in [5.74, 6) is 2.29. The molecule has 1 fully saturated rings. The van der Waals surface area contributed by atoms with E-state index in [0.29, 0.717) is 5.92 Å². The van der Waals surface area contributed by atoms with Crippen LogP contribution in [-0.2, 0) is 0 Å². The molecule has 1 aromatic carbocycles. The van der Waals surface area contributed by atoms with Crippen LogP contribution < -0.4 is 9.64 Å². The monoisotopic (exact) mass is 401 g/mol. The van der Waals surface area contributed by atoms with Crippen molar-refractivity contribution >= 4 is 17.0 Å². The summed E-state index contributed by atoms with van der Waals surface area (Å²) in [5, 5.41) is 8.71. The van der Waals surface area contributed by atoms with Gasteiger partial charge < -0.3 is 9.64 Å². The molecule has 30 heavy (non-hydrogen) atoms. The second-order valence-corrected chi connectivity index (χ2v) is 7.59. The molecule has 3 aromatic heterocycles. The molecule has 4 aromatic rings. The Morgan fingerprint density at radius 1 is 1.07 bits per heavy atom. The van der Waals surface area contributed by atoms with Crippen LogP contribution in [-0.4, -0.2) is 49.6 Å². The number of hydrogen-bond donors (Lipinski definition) is 0. The van der Waals surface area contributed by atoms with Crippen LogP contribution in [0, 0.1) is 12.8 Å². The minimum Gasteiger partial charge on any atom is -0.493 e. The molecule has 8 heteroatoms. The van der Waals surface area contributed by atoms with Crippen molar-refractivity contribution in [1.29, 1.82) is 0 Å². The van der Waals surface area contributed by atoms with Crippen molar-refractivity contribution in [2.75, 3.05) is 24.6 Å². The zero-order valence-corrected chi connectivity index (χ0v) is 16.8. The Kier molecular flexibility index (Phi) is 4.96. The van der Waals surface area contributed by atoms with Gasteiger partial charge in [-0.05, 0) is 43.9 Å². The first-order chi connectivity index (χ1) is 14.8. The predicted octanol–water partition coefficient (Wildman–Crippen LogP) is 3.21. The van der Waals surface area contributed by atoms with E-state index in [4.69, 9.17) is 4.74 Å². The molecule has 0 bridgehead atoms. The quantitative estimate of drug-likeness (QED) is 0.508. The standard InChI is InChI=1S/C22H23N7O/c1-16-13-23-10-7-19(16)30-14-17-8-11-28(12-9-17)21-20-22(25-15-24-21)29(27-26-20)18-5-3-2-4-6-18/h2-7,10,13,15,17H,8-9,11-12,14H2,1H3. The molecule has 0 radical (unpaired) electrons. The molecule has 5 rings (SSSR count).